The number of carbonyl (C=O) groups is 3. The molecule has 0 saturated heterocycles. The van der Waals surface area contributed by atoms with Crippen molar-refractivity contribution in [1.82, 2.24) is 5.32 Å². The van der Waals surface area contributed by atoms with Gasteiger partial charge < -0.3 is 15.4 Å². The van der Waals surface area contributed by atoms with Crippen molar-refractivity contribution < 1.29 is 19.1 Å². The molecule has 0 radical (unpaired) electrons. The second kappa shape index (κ2) is 8.84. The highest BCUT2D eigenvalue weighted by atomic mass is 35.5. The predicted octanol–water partition coefficient (Wildman–Crippen LogP) is 2.89. The highest BCUT2D eigenvalue weighted by Gasteiger charge is 2.14. The maximum absolute atomic E-state index is 12.3. The lowest BCUT2D eigenvalue weighted by molar-refractivity contribution is -0.140. The van der Waals surface area contributed by atoms with Gasteiger partial charge in [0.05, 0.1) is 24.8 Å². The van der Waals surface area contributed by atoms with E-state index in [1.54, 1.807) is 42.5 Å². The third-order valence-corrected chi connectivity index (χ3v) is 3.58. The normalized spacial score (nSPS) is 10.0. The minimum atomic E-state index is -0.414. The van der Waals surface area contributed by atoms with Crippen molar-refractivity contribution >= 4 is 35.1 Å². The monoisotopic (exact) mass is 360 g/mol. The van der Waals surface area contributed by atoms with Gasteiger partial charge in [-0.15, -0.1) is 0 Å². The van der Waals surface area contributed by atoms with Crippen LogP contribution in [0.5, 0.6) is 0 Å². The van der Waals surface area contributed by atoms with E-state index in [1.807, 2.05) is 0 Å². The Bertz CT molecular complexity index is 792. The van der Waals surface area contributed by atoms with Crippen LogP contribution in [0.3, 0.4) is 0 Å². The summed E-state index contributed by atoms with van der Waals surface area (Å²) in [6.07, 6.45) is 0.0687. The van der Waals surface area contributed by atoms with Gasteiger partial charge in [0, 0.05) is 17.1 Å². The van der Waals surface area contributed by atoms with Crippen LogP contribution in [-0.2, 0) is 9.53 Å². The molecule has 2 amide bonds. The minimum absolute atomic E-state index is 0.0687. The van der Waals surface area contributed by atoms with Crippen molar-refractivity contribution in [2.45, 2.75) is 6.42 Å². The summed E-state index contributed by atoms with van der Waals surface area (Å²) in [5.74, 6) is -1.19. The summed E-state index contributed by atoms with van der Waals surface area (Å²) in [7, 11) is 1.28. The standard InChI is InChI=1S/C18H17ClN2O4/c1-25-16(22)9-10-20-18(24)14-7-2-3-8-15(14)21-17(23)12-5-4-6-13(19)11-12/h2-8,11H,9-10H2,1H3,(H,20,24)(H,21,23). The zero-order valence-electron chi connectivity index (χ0n) is 13.5. The van der Waals surface area contributed by atoms with Gasteiger partial charge in [-0.2, -0.15) is 0 Å². The Balaban J connectivity index is 2.08. The summed E-state index contributed by atoms with van der Waals surface area (Å²) in [4.78, 5) is 35.7. The SMILES string of the molecule is COC(=O)CCNC(=O)c1ccccc1NC(=O)c1cccc(Cl)c1. The van der Waals surface area contributed by atoms with Crippen LogP contribution in [0, 0.1) is 0 Å². The van der Waals surface area contributed by atoms with Gasteiger partial charge in [-0.05, 0) is 30.3 Å². The lowest BCUT2D eigenvalue weighted by Crippen LogP contribution is -2.27. The third-order valence-electron chi connectivity index (χ3n) is 3.35. The van der Waals surface area contributed by atoms with Gasteiger partial charge in [-0.25, -0.2) is 0 Å². The molecule has 2 N–H and O–H groups in total. The van der Waals surface area contributed by atoms with Gasteiger partial charge in [-0.3, -0.25) is 14.4 Å². The number of anilines is 1. The molecule has 0 spiro atoms. The molecule has 0 aliphatic carbocycles. The fraction of sp³-hybridized carbons (Fsp3) is 0.167. The van der Waals surface area contributed by atoms with Crippen LogP contribution in [0.2, 0.25) is 5.02 Å². The van der Waals surface area contributed by atoms with Gasteiger partial charge in [0.25, 0.3) is 11.8 Å². The number of benzene rings is 2. The van der Waals surface area contributed by atoms with E-state index in [1.165, 1.54) is 13.2 Å². The zero-order chi connectivity index (χ0) is 18.2. The molecule has 6 nitrogen and oxygen atoms in total. The van der Waals surface area contributed by atoms with E-state index in [9.17, 15) is 14.4 Å². The number of carbonyl (C=O) groups excluding carboxylic acids is 3. The largest absolute Gasteiger partial charge is 0.469 e. The van der Waals surface area contributed by atoms with Gasteiger partial charge in [0.1, 0.15) is 0 Å². The lowest BCUT2D eigenvalue weighted by Gasteiger charge is -2.11. The average molecular weight is 361 g/mol. The minimum Gasteiger partial charge on any atom is -0.469 e. The van der Waals surface area contributed by atoms with Crippen molar-refractivity contribution in [2.24, 2.45) is 0 Å². The van der Waals surface area contributed by atoms with E-state index >= 15 is 0 Å². The smallest absolute Gasteiger partial charge is 0.307 e. The fourth-order valence-electron chi connectivity index (χ4n) is 2.09. The molecular formula is C18H17ClN2O4. The van der Waals surface area contributed by atoms with E-state index in [4.69, 9.17) is 11.6 Å². The Labute approximate surface area is 150 Å². The van der Waals surface area contributed by atoms with Gasteiger partial charge >= 0.3 is 5.97 Å². The van der Waals surface area contributed by atoms with Gasteiger partial charge in [0.15, 0.2) is 0 Å². The summed E-state index contributed by atoms with van der Waals surface area (Å²) in [5.41, 5.74) is 1.04. The second-order valence-corrected chi connectivity index (χ2v) is 5.53. The van der Waals surface area contributed by atoms with E-state index in [0.717, 1.165) is 0 Å². The van der Waals surface area contributed by atoms with Gasteiger partial charge in [0.2, 0.25) is 0 Å². The molecule has 130 valence electrons. The van der Waals surface area contributed by atoms with E-state index < -0.39 is 11.9 Å². The van der Waals surface area contributed by atoms with Crippen molar-refractivity contribution in [3.63, 3.8) is 0 Å². The molecule has 0 aliphatic heterocycles. The third kappa shape index (κ3) is 5.32. The summed E-state index contributed by atoms with van der Waals surface area (Å²) in [5, 5.41) is 5.76. The van der Waals surface area contributed by atoms with Crippen LogP contribution in [0.1, 0.15) is 27.1 Å². The number of methoxy groups -OCH3 is 1. The zero-order valence-corrected chi connectivity index (χ0v) is 14.3. The Hall–Kier alpha value is -2.86. The van der Waals surface area contributed by atoms with Crippen LogP contribution in [-0.4, -0.2) is 31.4 Å². The number of rotatable bonds is 6. The average Bonchev–Trinajstić information content (AvgIpc) is 2.61. The number of para-hydroxylation sites is 1. The molecule has 2 rings (SSSR count). The number of nitrogens with one attached hydrogen (secondary N) is 2. The van der Waals surface area contributed by atoms with Crippen LogP contribution >= 0.6 is 11.6 Å². The number of amides is 2. The number of hydrogen-bond donors (Lipinski definition) is 2. The first kappa shape index (κ1) is 18.5. The number of halogens is 1. The molecular weight excluding hydrogens is 344 g/mol. The highest BCUT2D eigenvalue weighted by Crippen LogP contribution is 2.17. The summed E-state index contributed by atoms with van der Waals surface area (Å²) in [6.45, 7) is 0.141. The maximum Gasteiger partial charge on any atom is 0.307 e. The molecule has 0 saturated carbocycles. The molecule has 2 aromatic rings. The summed E-state index contributed by atoms with van der Waals surface area (Å²) >= 11 is 5.89. The molecule has 25 heavy (non-hydrogen) atoms. The summed E-state index contributed by atoms with van der Waals surface area (Å²) in [6, 6.07) is 13.1. The molecule has 7 heteroatoms. The van der Waals surface area contributed by atoms with Crippen molar-refractivity contribution in [3.05, 3.63) is 64.7 Å². The number of hydrogen-bond acceptors (Lipinski definition) is 4. The van der Waals surface area contributed by atoms with E-state index in [2.05, 4.69) is 15.4 Å². The fourth-order valence-corrected chi connectivity index (χ4v) is 2.28. The van der Waals surface area contributed by atoms with Crippen molar-refractivity contribution in [1.29, 1.82) is 0 Å². The van der Waals surface area contributed by atoms with Crippen LogP contribution in [0.4, 0.5) is 5.69 Å². The Morgan fingerprint density at radius 1 is 1.04 bits per heavy atom. The lowest BCUT2D eigenvalue weighted by atomic mass is 10.1. The Morgan fingerprint density at radius 3 is 2.52 bits per heavy atom. The number of ether oxygens (including phenoxy) is 1. The predicted molar refractivity (Wildman–Crippen MR) is 94.8 cm³/mol. The van der Waals surface area contributed by atoms with Gasteiger partial charge in [-0.1, -0.05) is 29.8 Å². The number of esters is 1. The summed E-state index contributed by atoms with van der Waals surface area (Å²) < 4.78 is 4.51. The second-order valence-electron chi connectivity index (χ2n) is 5.09. The first-order chi connectivity index (χ1) is 12.0. The Morgan fingerprint density at radius 2 is 1.80 bits per heavy atom. The maximum atomic E-state index is 12.3. The molecule has 0 bridgehead atoms. The highest BCUT2D eigenvalue weighted by molar-refractivity contribution is 6.31. The molecule has 0 unspecified atom stereocenters. The van der Waals surface area contributed by atoms with Crippen molar-refractivity contribution in [2.75, 3.05) is 19.0 Å². The Kier molecular flexibility index (Phi) is 6.54. The first-order valence-electron chi connectivity index (χ1n) is 7.52. The van der Waals surface area contributed by atoms with E-state index in [-0.39, 0.29) is 18.9 Å². The van der Waals surface area contributed by atoms with Crippen LogP contribution < -0.4 is 10.6 Å². The molecule has 0 fully saturated rings. The molecule has 0 atom stereocenters. The molecule has 0 aromatic heterocycles. The molecule has 0 aliphatic rings. The first-order valence-corrected chi connectivity index (χ1v) is 7.90. The van der Waals surface area contributed by atoms with E-state index in [0.29, 0.717) is 21.8 Å². The van der Waals surface area contributed by atoms with Crippen LogP contribution in [0.15, 0.2) is 48.5 Å². The molecule has 2 aromatic carbocycles. The quantitative estimate of drug-likeness (QED) is 0.776. The topological polar surface area (TPSA) is 84.5 Å². The molecule has 0 heterocycles. The van der Waals surface area contributed by atoms with Crippen molar-refractivity contribution in [3.8, 4) is 0 Å². The van der Waals surface area contributed by atoms with Crippen LogP contribution in [0.25, 0.3) is 0 Å².